The van der Waals surface area contributed by atoms with E-state index in [1.54, 1.807) is 0 Å². The number of nitrogens with zero attached hydrogens (tertiary/aromatic N) is 1. The summed E-state index contributed by atoms with van der Waals surface area (Å²) in [5.74, 6) is 1.91. The van der Waals surface area contributed by atoms with Gasteiger partial charge in [-0.05, 0) is 29.3 Å². The van der Waals surface area contributed by atoms with E-state index < -0.39 is 10.8 Å². The van der Waals surface area contributed by atoms with Gasteiger partial charge in [0.25, 0.3) is 0 Å². The van der Waals surface area contributed by atoms with Crippen LogP contribution < -0.4 is 4.74 Å². The van der Waals surface area contributed by atoms with E-state index in [-0.39, 0.29) is 12.4 Å². The number of esters is 1. The van der Waals surface area contributed by atoms with Gasteiger partial charge in [-0.1, -0.05) is 35.9 Å². The largest absolute Gasteiger partial charge is 0.489 e. The average Bonchev–Trinajstić information content (AvgIpc) is 2.70. The summed E-state index contributed by atoms with van der Waals surface area (Å²) in [6, 6.07) is 13.4. The van der Waals surface area contributed by atoms with Crippen molar-refractivity contribution in [3.05, 3.63) is 64.2 Å². The van der Waals surface area contributed by atoms with Crippen molar-refractivity contribution in [2.75, 3.05) is 31.7 Å². The van der Waals surface area contributed by atoms with E-state index in [9.17, 15) is 9.00 Å². The second kappa shape index (κ2) is 10.0. The number of benzene rings is 2. The molecular weight excluding hydrogens is 398 g/mol. The molecule has 3 rings (SSSR count). The predicted octanol–water partition coefficient (Wildman–Crippen LogP) is 3.20. The molecule has 0 radical (unpaired) electrons. The van der Waals surface area contributed by atoms with Crippen LogP contribution in [-0.4, -0.2) is 46.8 Å². The average molecular weight is 422 g/mol. The molecule has 0 aromatic heterocycles. The Morgan fingerprint density at radius 1 is 1.11 bits per heavy atom. The molecule has 1 heterocycles. The lowest BCUT2D eigenvalue weighted by molar-refractivity contribution is -0.139. The Kier molecular flexibility index (Phi) is 7.48. The van der Waals surface area contributed by atoms with Gasteiger partial charge < -0.3 is 9.47 Å². The van der Waals surface area contributed by atoms with E-state index in [0.717, 1.165) is 35.5 Å². The molecule has 0 amide bonds. The maximum absolute atomic E-state index is 11.6. The number of hydrogen-bond acceptors (Lipinski definition) is 5. The molecule has 1 aliphatic heterocycles. The summed E-state index contributed by atoms with van der Waals surface area (Å²) in [5.41, 5.74) is 2.94. The smallest absolute Gasteiger partial charge is 0.309 e. The maximum Gasteiger partial charge on any atom is 0.309 e. The Balaban J connectivity index is 1.75. The first kappa shape index (κ1) is 20.8. The second-order valence-corrected chi connectivity index (χ2v) is 8.87. The first-order valence-electron chi connectivity index (χ1n) is 9.16. The molecule has 7 heteroatoms. The zero-order valence-corrected chi connectivity index (χ0v) is 17.4. The predicted molar refractivity (Wildman–Crippen MR) is 111 cm³/mol. The van der Waals surface area contributed by atoms with Gasteiger partial charge in [-0.15, -0.1) is 0 Å². The van der Waals surface area contributed by atoms with Crippen molar-refractivity contribution in [2.24, 2.45) is 0 Å². The van der Waals surface area contributed by atoms with Crippen molar-refractivity contribution in [1.29, 1.82) is 0 Å². The first-order chi connectivity index (χ1) is 13.5. The van der Waals surface area contributed by atoms with Crippen molar-refractivity contribution in [3.8, 4) is 5.75 Å². The van der Waals surface area contributed by atoms with Crippen LogP contribution in [0.2, 0.25) is 5.02 Å². The van der Waals surface area contributed by atoms with Crippen LogP contribution >= 0.6 is 11.6 Å². The Hall–Kier alpha value is -1.89. The quantitative estimate of drug-likeness (QED) is 0.642. The maximum atomic E-state index is 11.6. The fourth-order valence-electron chi connectivity index (χ4n) is 3.06. The zero-order chi connectivity index (χ0) is 19.9. The summed E-state index contributed by atoms with van der Waals surface area (Å²) in [6.07, 6.45) is 0.227. The first-order valence-corrected chi connectivity index (χ1v) is 11.0. The molecule has 0 N–H and O–H groups in total. The molecule has 1 saturated heterocycles. The van der Waals surface area contributed by atoms with E-state index in [0.29, 0.717) is 29.7 Å². The second-order valence-electron chi connectivity index (χ2n) is 6.73. The molecular formula is C21H24ClNO4S. The summed E-state index contributed by atoms with van der Waals surface area (Å²) >= 11 is 5.94. The number of rotatable bonds is 7. The molecule has 0 saturated carbocycles. The number of ether oxygens (including phenoxy) is 2. The zero-order valence-electron chi connectivity index (χ0n) is 15.9. The fourth-order valence-corrected chi connectivity index (χ4v) is 4.32. The van der Waals surface area contributed by atoms with Crippen molar-refractivity contribution in [2.45, 2.75) is 19.6 Å². The van der Waals surface area contributed by atoms with Crippen LogP contribution in [0.15, 0.2) is 42.5 Å². The summed E-state index contributed by atoms with van der Waals surface area (Å²) in [4.78, 5) is 13.9. The molecule has 0 unspecified atom stereocenters. The Bertz CT molecular complexity index is 831. The van der Waals surface area contributed by atoms with Crippen LogP contribution in [0.5, 0.6) is 5.75 Å². The molecule has 2 aromatic carbocycles. The van der Waals surface area contributed by atoms with Crippen LogP contribution in [0, 0.1) is 0 Å². The fraction of sp³-hybridized carbons (Fsp3) is 0.381. The number of halogens is 1. The lowest BCUT2D eigenvalue weighted by Crippen LogP contribution is -2.37. The van der Waals surface area contributed by atoms with Crippen molar-refractivity contribution >= 4 is 28.4 Å². The van der Waals surface area contributed by atoms with Gasteiger partial charge in [0.05, 0.1) is 13.5 Å². The summed E-state index contributed by atoms with van der Waals surface area (Å²) in [6.45, 7) is 2.72. The van der Waals surface area contributed by atoms with Gasteiger partial charge >= 0.3 is 5.97 Å². The Labute approximate surface area is 173 Å². The molecule has 1 aliphatic rings. The van der Waals surface area contributed by atoms with Crippen LogP contribution in [0.1, 0.15) is 16.7 Å². The van der Waals surface area contributed by atoms with Crippen molar-refractivity contribution in [1.82, 2.24) is 4.90 Å². The highest BCUT2D eigenvalue weighted by atomic mass is 35.5. The normalized spacial score (nSPS) is 15.4. The number of carbonyl (C=O) groups is 1. The molecule has 5 nitrogen and oxygen atoms in total. The monoisotopic (exact) mass is 421 g/mol. The van der Waals surface area contributed by atoms with Gasteiger partial charge in [0.2, 0.25) is 0 Å². The topological polar surface area (TPSA) is 55.8 Å². The summed E-state index contributed by atoms with van der Waals surface area (Å²) in [5, 5.41) is 0.694. The molecule has 28 heavy (non-hydrogen) atoms. The third-order valence-electron chi connectivity index (χ3n) is 4.67. The number of hydrogen-bond donors (Lipinski definition) is 0. The van der Waals surface area contributed by atoms with Crippen molar-refractivity contribution in [3.63, 3.8) is 0 Å². The molecule has 0 aliphatic carbocycles. The molecule has 0 atom stereocenters. The van der Waals surface area contributed by atoms with Gasteiger partial charge in [-0.3, -0.25) is 13.9 Å². The van der Waals surface area contributed by atoms with Gasteiger partial charge in [0.1, 0.15) is 12.4 Å². The van der Waals surface area contributed by atoms with Crippen LogP contribution in [-0.2, 0) is 39.9 Å². The van der Waals surface area contributed by atoms with Gasteiger partial charge in [-0.25, -0.2) is 0 Å². The lowest BCUT2D eigenvalue weighted by atomic mass is 10.1. The van der Waals surface area contributed by atoms with E-state index >= 15 is 0 Å². The highest BCUT2D eigenvalue weighted by Gasteiger charge is 2.18. The summed E-state index contributed by atoms with van der Waals surface area (Å²) < 4.78 is 22.5. The molecule has 0 spiro atoms. The minimum absolute atomic E-state index is 0.227. The van der Waals surface area contributed by atoms with E-state index in [1.807, 2.05) is 42.5 Å². The van der Waals surface area contributed by atoms with Gasteiger partial charge in [0, 0.05) is 52.5 Å². The molecule has 150 valence electrons. The highest BCUT2D eigenvalue weighted by Crippen LogP contribution is 2.24. The molecule has 2 aromatic rings. The van der Waals surface area contributed by atoms with Gasteiger partial charge in [-0.2, -0.15) is 0 Å². The molecule has 1 fully saturated rings. The third kappa shape index (κ3) is 6.06. The minimum Gasteiger partial charge on any atom is -0.489 e. The Morgan fingerprint density at radius 3 is 2.46 bits per heavy atom. The number of methoxy groups -OCH3 is 1. The van der Waals surface area contributed by atoms with Crippen LogP contribution in [0.4, 0.5) is 0 Å². The highest BCUT2D eigenvalue weighted by molar-refractivity contribution is 7.85. The van der Waals surface area contributed by atoms with Gasteiger partial charge in [0.15, 0.2) is 0 Å². The molecule has 0 bridgehead atoms. The summed E-state index contributed by atoms with van der Waals surface area (Å²) in [7, 11) is 0.677. The lowest BCUT2D eigenvalue weighted by Gasteiger charge is -2.27. The minimum atomic E-state index is -0.713. The van der Waals surface area contributed by atoms with Crippen LogP contribution in [0.25, 0.3) is 0 Å². The SMILES string of the molecule is COC(=O)Cc1ccc(OCc2ccc(Cl)cc2)c(CN2CCS(=O)CC2)c1. The standard InChI is InChI=1S/C21H24ClNO4S/c1-26-21(24)13-17-4-7-20(27-15-16-2-5-19(22)6-3-16)18(12-17)14-23-8-10-28(25)11-9-23/h2-7,12H,8-11,13-15H2,1H3. The van der Waals surface area contributed by atoms with Crippen LogP contribution in [0.3, 0.4) is 0 Å². The van der Waals surface area contributed by atoms with E-state index in [4.69, 9.17) is 21.1 Å². The van der Waals surface area contributed by atoms with Crippen molar-refractivity contribution < 1.29 is 18.5 Å². The van der Waals surface area contributed by atoms with E-state index in [2.05, 4.69) is 4.90 Å². The number of carbonyl (C=O) groups excluding carboxylic acids is 1. The third-order valence-corrected chi connectivity index (χ3v) is 6.20. The Morgan fingerprint density at radius 2 is 1.79 bits per heavy atom. The van der Waals surface area contributed by atoms with E-state index in [1.165, 1.54) is 7.11 Å².